The maximum absolute atomic E-state index is 14.0. The van der Waals surface area contributed by atoms with E-state index in [0.717, 1.165) is 30.5 Å². The van der Waals surface area contributed by atoms with Gasteiger partial charge in [0.15, 0.2) is 0 Å². The second-order valence-corrected chi connectivity index (χ2v) is 10.1. The number of hydrogen-bond donors (Lipinski definition) is 1. The number of carbonyl (C=O) groups excluding carboxylic acids is 1. The summed E-state index contributed by atoms with van der Waals surface area (Å²) >= 11 is 1.84. The average molecular weight is 484 g/mol. The predicted octanol–water partition coefficient (Wildman–Crippen LogP) is 3.07. The highest BCUT2D eigenvalue weighted by atomic mass is 32.2. The topological polar surface area (TPSA) is 98.9 Å². The molecule has 0 radical (unpaired) electrons. The summed E-state index contributed by atoms with van der Waals surface area (Å²) in [6, 6.07) is 5.94. The minimum Gasteiger partial charge on any atom is -0.348 e. The molecule has 0 unspecified atom stereocenters. The monoisotopic (exact) mass is 483 g/mol. The molecule has 4 heterocycles. The third kappa shape index (κ3) is 4.38. The van der Waals surface area contributed by atoms with Crippen LogP contribution in [0.1, 0.15) is 61.1 Å². The number of nitrogens with one attached hydrogen (secondary N) is 1. The highest BCUT2D eigenvalue weighted by Crippen LogP contribution is 2.30. The first-order valence-electron chi connectivity index (χ1n) is 11.6. The Kier molecular flexibility index (Phi) is 6.49. The molecule has 8 nitrogen and oxygen atoms in total. The van der Waals surface area contributed by atoms with Crippen molar-refractivity contribution < 1.29 is 9.18 Å². The largest absolute Gasteiger partial charge is 0.348 e. The number of pyridine rings is 2. The first kappa shape index (κ1) is 22.8. The second kappa shape index (κ2) is 9.69. The average Bonchev–Trinajstić information content (AvgIpc) is 2.87. The highest BCUT2D eigenvalue weighted by Gasteiger charge is 2.29. The Morgan fingerprint density at radius 3 is 2.44 bits per heavy atom. The molecule has 10 heteroatoms. The van der Waals surface area contributed by atoms with E-state index in [1.54, 1.807) is 29.0 Å². The zero-order chi connectivity index (χ0) is 23.7. The van der Waals surface area contributed by atoms with Crippen LogP contribution >= 0.6 is 11.8 Å². The minimum absolute atomic E-state index is 0.0568. The first-order chi connectivity index (χ1) is 16.5. The van der Waals surface area contributed by atoms with E-state index in [1.165, 1.54) is 10.6 Å². The summed E-state index contributed by atoms with van der Waals surface area (Å²) in [4.78, 5) is 47.7. The molecule has 3 aromatic rings. The predicted molar refractivity (Wildman–Crippen MR) is 129 cm³/mol. The van der Waals surface area contributed by atoms with Gasteiger partial charge >= 0.3 is 5.69 Å². The van der Waals surface area contributed by atoms with Crippen LogP contribution in [0.2, 0.25) is 0 Å². The van der Waals surface area contributed by atoms with Crippen LogP contribution in [0.3, 0.4) is 0 Å². The number of rotatable bonds is 4. The van der Waals surface area contributed by atoms with Crippen LogP contribution in [0.15, 0.2) is 46.2 Å². The lowest BCUT2D eigenvalue weighted by molar-refractivity contribution is 0.0916. The van der Waals surface area contributed by atoms with Crippen molar-refractivity contribution in [3.8, 4) is 0 Å². The van der Waals surface area contributed by atoms with E-state index in [2.05, 4.69) is 15.3 Å². The molecule has 0 spiro atoms. The van der Waals surface area contributed by atoms with Gasteiger partial charge in [0, 0.05) is 24.3 Å². The molecule has 1 aliphatic carbocycles. The van der Waals surface area contributed by atoms with Gasteiger partial charge < -0.3 is 5.32 Å². The summed E-state index contributed by atoms with van der Waals surface area (Å²) in [7, 11) is 0. The number of carbonyl (C=O) groups is 1. The van der Waals surface area contributed by atoms with Crippen LogP contribution < -0.4 is 16.6 Å². The van der Waals surface area contributed by atoms with Crippen molar-refractivity contribution in [3.05, 3.63) is 69.0 Å². The molecule has 0 atom stereocenters. The van der Waals surface area contributed by atoms with E-state index >= 15 is 0 Å². The Hall–Kier alpha value is -3.01. The Morgan fingerprint density at radius 1 is 1.00 bits per heavy atom. The summed E-state index contributed by atoms with van der Waals surface area (Å²) in [6.07, 6.45) is 6.66. The molecular weight excluding hydrogens is 457 g/mol. The lowest BCUT2D eigenvalue weighted by atomic mass is 9.90. The van der Waals surface area contributed by atoms with E-state index in [-0.39, 0.29) is 40.8 Å². The molecule has 2 aliphatic rings. The lowest BCUT2D eigenvalue weighted by Gasteiger charge is -2.31. The number of aromatic nitrogens is 4. The molecule has 34 heavy (non-hydrogen) atoms. The van der Waals surface area contributed by atoms with Crippen LogP contribution in [0.5, 0.6) is 0 Å². The van der Waals surface area contributed by atoms with Gasteiger partial charge in [0.2, 0.25) is 0 Å². The zero-order valence-corrected chi connectivity index (χ0v) is 19.5. The molecule has 5 rings (SSSR count). The molecule has 3 aromatic heterocycles. The van der Waals surface area contributed by atoms with E-state index in [4.69, 9.17) is 0 Å². The summed E-state index contributed by atoms with van der Waals surface area (Å²) in [5, 5.41) is 3.14. The third-order valence-electron chi connectivity index (χ3n) is 6.77. The van der Waals surface area contributed by atoms with Gasteiger partial charge in [-0.15, -0.1) is 0 Å². The second-order valence-electron chi connectivity index (χ2n) is 8.89. The number of amides is 1. The molecule has 0 bridgehead atoms. The fourth-order valence-corrected chi connectivity index (χ4v) is 6.12. The van der Waals surface area contributed by atoms with Gasteiger partial charge in [0.1, 0.15) is 17.2 Å². The van der Waals surface area contributed by atoms with Crippen molar-refractivity contribution in [2.75, 3.05) is 11.5 Å². The van der Waals surface area contributed by atoms with E-state index < -0.39 is 11.4 Å². The van der Waals surface area contributed by atoms with Crippen molar-refractivity contribution in [1.82, 2.24) is 24.4 Å². The molecule has 1 N–H and O–H groups in total. The third-order valence-corrected chi connectivity index (χ3v) is 7.82. The molecule has 1 amide bonds. The normalized spacial score (nSPS) is 21.4. The van der Waals surface area contributed by atoms with Crippen molar-refractivity contribution in [1.29, 1.82) is 0 Å². The zero-order valence-electron chi connectivity index (χ0n) is 18.7. The van der Waals surface area contributed by atoms with Crippen LogP contribution in [-0.2, 0) is 0 Å². The molecule has 0 aromatic carbocycles. The van der Waals surface area contributed by atoms with Crippen molar-refractivity contribution >= 4 is 28.7 Å². The number of hydrogen-bond acceptors (Lipinski definition) is 6. The SMILES string of the molecule is O=C(NC1CCC(n2c(=O)c3cc(F)cnc3n(C3CCSCC3)c2=O)CC1)c1ccccn1. The van der Waals surface area contributed by atoms with Gasteiger partial charge in [0.25, 0.3) is 11.5 Å². The Morgan fingerprint density at radius 2 is 1.74 bits per heavy atom. The maximum Gasteiger partial charge on any atom is 0.333 e. The molecule has 1 aliphatic heterocycles. The van der Waals surface area contributed by atoms with Crippen molar-refractivity contribution in [2.45, 2.75) is 56.7 Å². The van der Waals surface area contributed by atoms with Gasteiger partial charge in [-0.1, -0.05) is 6.07 Å². The van der Waals surface area contributed by atoms with Gasteiger partial charge in [-0.25, -0.2) is 14.2 Å². The Balaban J connectivity index is 1.43. The van der Waals surface area contributed by atoms with Crippen LogP contribution in [-0.4, -0.2) is 42.6 Å². The Bertz CT molecular complexity index is 1310. The quantitative estimate of drug-likeness (QED) is 0.612. The first-order valence-corrected chi connectivity index (χ1v) is 12.8. The Labute approximate surface area is 199 Å². The maximum atomic E-state index is 14.0. The minimum atomic E-state index is -0.596. The fourth-order valence-electron chi connectivity index (χ4n) is 5.03. The van der Waals surface area contributed by atoms with Crippen molar-refractivity contribution in [3.63, 3.8) is 0 Å². The number of fused-ring (bicyclic) bond motifs is 1. The van der Waals surface area contributed by atoms with Gasteiger partial charge in [-0.2, -0.15) is 11.8 Å². The summed E-state index contributed by atoms with van der Waals surface area (Å²) in [5.74, 6) is 1.03. The van der Waals surface area contributed by atoms with Gasteiger partial charge in [0.05, 0.1) is 11.6 Å². The lowest BCUT2D eigenvalue weighted by Crippen LogP contribution is -2.46. The molecule has 1 saturated carbocycles. The molecule has 2 fully saturated rings. The molecule has 1 saturated heterocycles. The van der Waals surface area contributed by atoms with Gasteiger partial charge in [-0.05, 0) is 68.2 Å². The standard InChI is InChI=1S/C24H26FN5O3S/c25-15-13-19-21(27-14-15)29(18-8-11-34-12-9-18)24(33)30(23(19)32)17-6-4-16(5-7-17)28-22(31)20-3-1-2-10-26-20/h1-3,10,13-14,16-18H,4-9,11-12H2,(H,28,31). The van der Waals surface area contributed by atoms with Crippen LogP contribution in [0, 0.1) is 5.82 Å². The summed E-state index contributed by atoms with van der Waals surface area (Å²) in [5.41, 5.74) is -0.233. The van der Waals surface area contributed by atoms with E-state index in [9.17, 15) is 18.8 Å². The van der Waals surface area contributed by atoms with Crippen LogP contribution in [0.25, 0.3) is 11.0 Å². The summed E-state index contributed by atoms with van der Waals surface area (Å²) < 4.78 is 17.0. The molecular formula is C24H26FN5O3S. The van der Waals surface area contributed by atoms with Crippen LogP contribution in [0.4, 0.5) is 4.39 Å². The smallest absolute Gasteiger partial charge is 0.333 e. The van der Waals surface area contributed by atoms with Crippen molar-refractivity contribution in [2.24, 2.45) is 0 Å². The fraction of sp³-hybridized carbons (Fsp3) is 0.458. The van der Waals surface area contributed by atoms with E-state index in [0.29, 0.717) is 31.4 Å². The molecule has 178 valence electrons. The highest BCUT2D eigenvalue weighted by molar-refractivity contribution is 7.99. The van der Waals surface area contributed by atoms with E-state index in [1.807, 2.05) is 11.8 Å². The number of halogens is 1. The summed E-state index contributed by atoms with van der Waals surface area (Å²) in [6.45, 7) is 0. The van der Waals surface area contributed by atoms with Gasteiger partial charge in [-0.3, -0.25) is 23.7 Å². The number of thioether (sulfide) groups is 1. The number of nitrogens with zero attached hydrogens (tertiary/aromatic N) is 4.